The molecule has 0 aliphatic heterocycles. The summed E-state index contributed by atoms with van der Waals surface area (Å²) in [6.45, 7) is 4.13. The summed E-state index contributed by atoms with van der Waals surface area (Å²) in [5, 5.41) is 10.1. The Balaban J connectivity index is 1.88. The van der Waals surface area contributed by atoms with E-state index in [0.717, 1.165) is 24.1 Å². The van der Waals surface area contributed by atoms with Crippen molar-refractivity contribution >= 4 is 0 Å². The van der Waals surface area contributed by atoms with Crippen LogP contribution in [-0.4, -0.2) is 16.2 Å². The van der Waals surface area contributed by atoms with Crippen LogP contribution in [0.2, 0.25) is 0 Å². The average molecular weight is 255 g/mol. The van der Waals surface area contributed by atoms with Crippen LogP contribution >= 0.6 is 0 Å². The molecule has 0 fully saturated rings. The molecule has 1 unspecified atom stereocenters. The zero-order chi connectivity index (χ0) is 13.7. The largest absolute Gasteiger partial charge is 0.393 e. The molecule has 2 heteroatoms. The molecule has 0 saturated heterocycles. The third-order valence-electron chi connectivity index (χ3n) is 3.40. The van der Waals surface area contributed by atoms with Gasteiger partial charge in [-0.05, 0) is 43.9 Å². The van der Waals surface area contributed by atoms with Gasteiger partial charge in [-0.3, -0.25) is 4.98 Å². The van der Waals surface area contributed by atoms with Crippen molar-refractivity contribution in [1.82, 2.24) is 4.98 Å². The number of nitrogens with zero attached hydrogens (tertiary/aromatic N) is 1. The van der Waals surface area contributed by atoms with Gasteiger partial charge in [0, 0.05) is 18.3 Å². The van der Waals surface area contributed by atoms with Crippen LogP contribution in [0.3, 0.4) is 0 Å². The van der Waals surface area contributed by atoms with Crippen molar-refractivity contribution in [2.24, 2.45) is 0 Å². The van der Waals surface area contributed by atoms with Gasteiger partial charge >= 0.3 is 0 Å². The standard InChI is InChI=1S/C17H21NO/c1-13-5-3-7-15(11-13)8-9-16(19)12-17-14(2)6-4-10-18-17/h3-7,10-11,16,19H,8-9,12H2,1-2H3. The predicted octanol–water partition coefficient (Wildman–Crippen LogP) is 3.23. The topological polar surface area (TPSA) is 33.1 Å². The Labute approximate surface area is 115 Å². The van der Waals surface area contributed by atoms with Crippen molar-refractivity contribution < 1.29 is 5.11 Å². The maximum Gasteiger partial charge on any atom is 0.0598 e. The zero-order valence-electron chi connectivity index (χ0n) is 11.6. The predicted molar refractivity (Wildman–Crippen MR) is 78.2 cm³/mol. The first-order valence-corrected chi connectivity index (χ1v) is 6.79. The van der Waals surface area contributed by atoms with Crippen LogP contribution in [0.25, 0.3) is 0 Å². The van der Waals surface area contributed by atoms with E-state index >= 15 is 0 Å². The molecule has 0 aliphatic carbocycles. The molecule has 0 bridgehead atoms. The lowest BCUT2D eigenvalue weighted by molar-refractivity contribution is 0.164. The number of rotatable bonds is 5. The Morgan fingerprint density at radius 2 is 2.00 bits per heavy atom. The summed E-state index contributed by atoms with van der Waals surface area (Å²) in [6, 6.07) is 12.4. The van der Waals surface area contributed by atoms with Crippen molar-refractivity contribution in [3.8, 4) is 0 Å². The van der Waals surface area contributed by atoms with Gasteiger partial charge in [-0.15, -0.1) is 0 Å². The molecule has 1 N–H and O–H groups in total. The van der Waals surface area contributed by atoms with Crippen molar-refractivity contribution in [3.05, 3.63) is 65.0 Å². The molecule has 1 aromatic carbocycles. The highest BCUT2D eigenvalue weighted by Gasteiger charge is 2.08. The molecule has 2 rings (SSSR count). The van der Waals surface area contributed by atoms with Gasteiger partial charge in [0.2, 0.25) is 0 Å². The molecule has 0 radical (unpaired) electrons. The number of pyridine rings is 1. The minimum absolute atomic E-state index is 0.325. The normalized spacial score (nSPS) is 12.4. The third kappa shape index (κ3) is 4.18. The lowest BCUT2D eigenvalue weighted by atomic mass is 10.0. The van der Waals surface area contributed by atoms with Crippen LogP contribution in [0.15, 0.2) is 42.6 Å². The van der Waals surface area contributed by atoms with Gasteiger partial charge in [-0.25, -0.2) is 0 Å². The van der Waals surface area contributed by atoms with Crippen LogP contribution in [-0.2, 0) is 12.8 Å². The van der Waals surface area contributed by atoms with Crippen molar-refractivity contribution in [1.29, 1.82) is 0 Å². The smallest absolute Gasteiger partial charge is 0.0598 e. The second kappa shape index (κ2) is 6.48. The molecule has 19 heavy (non-hydrogen) atoms. The molecule has 0 amide bonds. The first-order chi connectivity index (χ1) is 9.15. The number of hydrogen-bond donors (Lipinski definition) is 1. The summed E-state index contributed by atoms with van der Waals surface area (Å²) in [4.78, 5) is 4.33. The molecule has 2 aromatic rings. The third-order valence-corrected chi connectivity index (χ3v) is 3.40. The van der Waals surface area contributed by atoms with Gasteiger partial charge in [-0.1, -0.05) is 35.9 Å². The summed E-state index contributed by atoms with van der Waals surface area (Å²) in [6.07, 6.45) is 3.79. The highest BCUT2D eigenvalue weighted by Crippen LogP contribution is 2.12. The van der Waals surface area contributed by atoms with Gasteiger partial charge < -0.3 is 5.11 Å². The molecule has 2 nitrogen and oxygen atoms in total. The van der Waals surface area contributed by atoms with E-state index in [1.54, 1.807) is 6.20 Å². The molecule has 0 spiro atoms. The minimum atomic E-state index is -0.325. The monoisotopic (exact) mass is 255 g/mol. The summed E-state index contributed by atoms with van der Waals surface area (Å²) in [5.41, 5.74) is 4.71. The van der Waals surface area contributed by atoms with Crippen LogP contribution in [0.1, 0.15) is 28.8 Å². The van der Waals surface area contributed by atoms with E-state index < -0.39 is 0 Å². The van der Waals surface area contributed by atoms with E-state index in [9.17, 15) is 5.11 Å². The van der Waals surface area contributed by atoms with E-state index in [1.807, 2.05) is 19.1 Å². The lowest BCUT2D eigenvalue weighted by Gasteiger charge is -2.12. The van der Waals surface area contributed by atoms with Gasteiger partial charge in [0.1, 0.15) is 0 Å². The Kier molecular flexibility index (Phi) is 4.69. The van der Waals surface area contributed by atoms with E-state index in [0.29, 0.717) is 6.42 Å². The Morgan fingerprint density at radius 1 is 1.16 bits per heavy atom. The number of aliphatic hydroxyl groups is 1. The summed E-state index contributed by atoms with van der Waals surface area (Å²) in [5.74, 6) is 0. The number of aryl methyl sites for hydroxylation is 3. The Bertz CT molecular complexity index is 536. The quantitative estimate of drug-likeness (QED) is 0.889. The van der Waals surface area contributed by atoms with Gasteiger partial charge in [0.25, 0.3) is 0 Å². The molecule has 1 atom stereocenters. The zero-order valence-corrected chi connectivity index (χ0v) is 11.6. The highest BCUT2D eigenvalue weighted by molar-refractivity contribution is 5.22. The summed E-state index contributed by atoms with van der Waals surface area (Å²) < 4.78 is 0. The van der Waals surface area contributed by atoms with Gasteiger partial charge in [0.15, 0.2) is 0 Å². The molecular weight excluding hydrogens is 234 g/mol. The van der Waals surface area contributed by atoms with E-state index in [4.69, 9.17) is 0 Å². The van der Waals surface area contributed by atoms with E-state index in [2.05, 4.69) is 36.2 Å². The maximum atomic E-state index is 10.1. The first-order valence-electron chi connectivity index (χ1n) is 6.79. The molecule has 0 saturated carbocycles. The van der Waals surface area contributed by atoms with Gasteiger partial charge in [-0.2, -0.15) is 0 Å². The Morgan fingerprint density at radius 3 is 2.74 bits per heavy atom. The molecule has 100 valence electrons. The molecule has 1 heterocycles. The fraction of sp³-hybridized carbons (Fsp3) is 0.353. The van der Waals surface area contributed by atoms with Crippen molar-refractivity contribution in [3.63, 3.8) is 0 Å². The second-order valence-electron chi connectivity index (χ2n) is 5.15. The fourth-order valence-electron chi connectivity index (χ4n) is 2.26. The lowest BCUT2D eigenvalue weighted by Crippen LogP contribution is -2.13. The maximum absolute atomic E-state index is 10.1. The first kappa shape index (κ1) is 13.8. The number of benzene rings is 1. The SMILES string of the molecule is Cc1cccc(CCC(O)Cc2ncccc2C)c1. The average Bonchev–Trinajstić information content (AvgIpc) is 2.39. The minimum Gasteiger partial charge on any atom is -0.393 e. The summed E-state index contributed by atoms with van der Waals surface area (Å²) in [7, 11) is 0. The molecule has 0 aliphatic rings. The molecule has 1 aromatic heterocycles. The summed E-state index contributed by atoms with van der Waals surface area (Å²) >= 11 is 0. The van der Waals surface area contributed by atoms with Crippen LogP contribution in [0, 0.1) is 13.8 Å². The number of hydrogen-bond acceptors (Lipinski definition) is 2. The van der Waals surface area contributed by atoms with E-state index in [1.165, 1.54) is 11.1 Å². The van der Waals surface area contributed by atoms with Crippen LogP contribution < -0.4 is 0 Å². The highest BCUT2D eigenvalue weighted by atomic mass is 16.3. The van der Waals surface area contributed by atoms with Crippen molar-refractivity contribution in [2.45, 2.75) is 39.2 Å². The van der Waals surface area contributed by atoms with E-state index in [-0.39, 0.29) is 6.10 Å². The number of aromatic nitrogens is 1. The Hall–Kier alpha value is -1.67. The van der Waals surface area contributed by atoms with Crippen molar-refractivity contribution in [2.75, 3.05) is 0 Å². The van der Waals surface area contributed by atoms with Gasteiger partial charge in [0.05, 0.1) is 6.10 Å². The number of aliphatic hydroxyl groups excluding tert-OH is 1. The van der Waals surface area contributed by atoms with Crippen LogP contribution in [0.4, 0.5) is 0 Å². The second-order valence-corrected chi connectivity index (χ2v) is 5.15. The molecular formula is C17H21NO. The van der Waals surface area contributed by atoms with Crippen LogP contribution in [0.5, 0.6) is 0 Å². The fourth-order valence-corrected chi connectivity index (χ4v) is 2.26.